The first-order valence-electron chi connectivity index (χ1n) is 6.90. The van der Waals surface area contributed by atoms with Crippen molar-refractivity contribution in [2.45, 2.75) is 34.1 Å². The van der Waals surface area contributed by atoms with Gasteiger partial charge in [-0.2, -0.15) is 0 Å². The van der Waals surface area contributed by atoms with Gasteiger partial charge in [0.15, 0.2) is 0 Å². The fraction of sp³-hybridized carbons (Fsp3) is 0.857. The molecule has 0 spiro atoms. The first kappa shape index (κ1) is 21.5. The third-order valence-corrected chi connectivity index (χ3v) is 2.64. The molecule has 0 saturated heterocycles. The van der Waals surface area contributed by atoms with Gasteiger partial charge in [-0.1, -0.05) is 27.7 Å². The second kappa shape index (κ2) is 10.9. The van der Waals surface area contributed by atoms with Crippen molar-refractivity contribution < 1.29 is 14.7 Å². The SMILES string of the molecule is CC(C)CN(CC(C)C)C(=O)CN(C)CCC(=O)O.Cl. The molecule has 0 radical (unpaired) electrons. The number of hydrogen-bond donors (Lipinski definition) is 1. The van der Waals surface area contributed by atoms with Gasteiger partial charge in [-0.05, 0) is 18.9 Å². The average molecular weight is 309 g/mol. The van der Waals surface area contributed by atoms with Crippen LogP contribution in [0.4, 0.5) is 0 Å². The molecule has 5 nitrogen and oxygen atoms in total. The predicted octanol–water partition coefficient (Wildman–Crippen LogP) is 1.96. The van der Waals surface area contributed by atoms with E-state index in [-0.39, 0.29) is 31.3 Å². The smallest absolute Gasteiger partial charge is 0.304 e. The maximum atomic E-state index is 12.2. The average Bonchev–Trinajstić information content (AvgIpc) is 2.24. The Morgan fingerprint density at radius 3 is 1.85 bits per heavy atom. The standard InChI is InChI=1S/C14H28N2O3.ClH/c1-11(2)8-16(9-12(3)4)13(17)10-15(5)7-6-14(18)19;/h11-12H,6-10H2,1-5H3,(H,18,19);1H. The van der Waals surface area contributed by atoms with Gasteiger partial charge in [-0.15, -0.1) is 12.4 Å². The lowest BCUT2D eigenvalue weighted by Gasteiger charge is -2.28. The summed E-state index contributed by atoms with van der Waals surface area (Å²) in [6, 6.07) is 0. The summed E-state index contributed by atoms with van der Waals surface area (Å²) in [4.78, 5) is 26.3. The number of likely N-dealkylation sites (N-methyl/N-ethyl adjacent to an activating group) is 1. The van der Waals surface area contributed by atoms with Crippen molar-refractivity contribution in [2.24, 2.45) is 11.8 Å². The molecule has 1 amide bonds. The van der Waals surface area contributed by atoms with E-state index in [0.717, 1.165) is 13.1 Å². The maximum Gasteiger partial charge on any atom is 0.304 e. The van der Waals surface area contributed by atoms with Crippen molar-refractivity contribution in [3.05, 3.63) is 0 Å². The molecule has 0 aliphatic rings. The molecule has 0 aromatic carbocycles. The van der Waals surface area contributed by atoms with Gasteiger partial charge in [0.1, 0.15) is 0 Å². The minimum absolute atomic E-state index is 0. The minimum Gasteiger partial charge on any atom is -0.481 e. The summed E-state index contributed by atoms with van der Waals surface area (Å²) in [6.07, 6.45) is 0.0676. The predicted molar refractivity (Wildman–Crippen MR) is 83.3 cm³/mol. The molecule has 0 fully saturated rings. The number of hydrogen-bond acceptors (Lipinski definition) is 3. The molecule has 0 atom stereocenters. The van der Waals surface area contributed by atoms with E-state index in [0.29, 0.717) is 18.4 Å². The van der Waals surface area contributed by atoms with Crippen molar-refractivity contribution in [1.82, 2.24) is 9.80 Å². The summed E-state index contributed by atoms with van der Waals surface area (Å²) in [5, 5.41) is 8.62. The van der Waals surface area contributed by atoms with Crippen LogP contribution in [0.2, 0.25) is 0 Å². The first-order valence-corrected chi connectivity index (χ1v) is 6.90. The summed E-state index contributed by atoms with van der Waals surface area (Å²) < 4.78 is 0. The molecule has 20 heavy (non-hydrogen) atoms. The highest BCUT2D eigenvalue weighted by atomic mass is 35.5. The zero-order valence-corrected chi connectivity index (χ0v) is 14.1. The molecule has 6 heteroatoms. The van der Waals surface area contributed by atoms with Crippen molar-refractivity contribution in [3.63, 3.8) is 0 Å². The van der Waals surface area contributed by atoms with Crippen LogP contribution in [0, 0.1) is 11.8 Å². The minimum atomic E-state index is -0.833. The lowest BCUT2D eigenvalue weighted by Crippen LogP contribution is -2.42. The van der Waals surface area contributed by atoms with E-state index in [1.807, 2.05) is 4.90 Å². The molecule has 1 N–H and O–H groups in total. The molecule has 0 aliphatic carbocycles. The van der Waals surface area contributed by atoms with Crippen molar-refractivity contribution >= 4 is 24.3 Å². The van der Waals surface area contributed by atoms with E-state index in [4.69, 9.17) is 5.11 Å². The highest BCUT2D eigenvalue weighted by Gasteiger charge is 2.17. The number of carbonyl (C=O) groups excluding carboxylic acids is 1. The topological polar surface area (TPSA) is 60.9 Å². The first-order chi connectivity index (χ1) is 8.72. The number of amides is 1. The second-order valence-electron chi connectivity index (χ2n) is 5.97. The number of nitrogens with zero attached hydrogens (tertiary/aromatic N) is 2. The zero-order valence-electron chi connectivity index (χ0n) is 13.3. The Hall–Kier alpha value is -0.810. The molecule has 0 unspecified atom stereocenters. The van der Waals surface area contributed by atoms with Gasteiger partial charge in [0.2, 0.25) is 5.91 Å². The Labute approximate surface area is 128 Å². The normalized spacial score (nSPS) is 10.8. The van der Waals surface area contributed by atoms with Gasteiger partial charge in [-0.25, -0.2) is 0 Å². The Morgan fingerprint density at radius 1 is 1.05 bits per heavy atom. The lowest BCUT2D eigenvalue weighted by molar-refractivity contribution is -0.138. The Morgan fingerprint density at radius 2 is 1.50 bits per heavy atom. The number of carbonyl (C=O) groups is 2. The van der Waals surface area contributed by atoms with Crippen LogP contribution >= 0.6 is 12.4 Å². The van der Waals surface area contributed by atoms with Crippen molar-refractivity contribution in [3.8, 4) is 0 Å². The Balaban J connectivity index is 0. The van der Waals surface area contributed by atoms with Gasteiger partial charge in [0.05, 0.1) is 13.0 Å². The van der Waals surface area contributed by atoms with E-state index < -0.39 is 5.97 Å². The van der Waals surface area contributed by atoms with Gasteiger partial charge >= 0.3 is 5.97 Å². The van der Waals surface area contributed by atoms with E-state index in [1.54, 1.807) is 11.9 Å². The number of halogens is 1. The summed E-state index contributed by atoms with van der Waals surface area (Å²) in [7, 11) is 1.78. The van der Waals surface area contributed by atoms with Gasteiger partial charge in [0.25, 0.3) is 0 Å². The third kappa shape index (κ3) is 11.1. The van der Waals surface area contributed by atoms with E-state index in [2.05, 4.69) is 27.7 Å². The maximum absolute atomic E-state index is 12.2. The molecular formula is C14H29ClN2O3. The van der Waals surface area contributed by atoms with Crippen LogP contribution in [0.25, 0.3) is 0 Å². The molecule has 0 rings (SSSR count). The number of carboxylic acid groups (broad SMARTS) is 1. The lowest BCUT2D eigenvalue weighted by atomic mass is 10.1. The van der Waals surface area contributed by atoms with Crippen LogP contribution in [0.1, 0.15) is 34.1 Å². The fourth-order valence-corrected chi connectivity index (χ4v) is 1.86. The van der Waals surface area contributed by atoms with Gasteiger partial charge < -0.3 is 10.0 Å². The summed E-state index contributed by atoms with van der Waals surface area (Å²) in [6.45, 7) is 10.6. The monoisotopic (exact) mass is 308 g/mol. The molecule has 120 valence electrons. The molecule has 0 aliphatic heterocycles. The molecular weight excluding hydrogens is 280 g/mol. The van der Waals surface area contributed by atoms with Crippen molar-refractivity contribution in [1.29, 1.82) is 0 Å². The van der Waals surface area contributed by atoms with E-state index in [1.165, 1.54) is 0 Å². The molecule has 0 bridgehead atoms. The molecule has 0 saturated carbocycles. The summed E-state index contributed by atoms with van der Waals surface area (Å²) in [5.74, 6) is 0.120. The van der Waals surface area contributed by atoms with Crippen LogP contribution in [0.5, 0.6) is 0 Å². The van der Waals surface area contributed by atoms with Crippen LogP contribution in [-0.4, -0.2) is 60.0 Å². The molecule has 0 heterocycles. The summed E-state index contributed by atoms with van der Waals surface area (Å²) in [5.41, 5.74) is 0. The largest absolute Gasteiger partial charge is 0.481 e. The second-order valence-corrected chi connectivity index (χ2v) is 5.97. The van der Waals surface area contributed by atoms with Crippen LogP contribution in [-0.2, 0) is 9.59 Å². The van der Waals surface area contributed by atoms with Crippen LogP contribution in [0.15, 0.2) is 0 Å². The zero-order chi connectivity index (χ0) is 15.0. The third-order valence-electron chi connectivity index (χ3n) is 2.64. The highest BCUT2D eigenvalue weighted by Crippen LogP contribution is 2.05. The van der Waals surface area contributed by atoms with Gasteiger partial charge in [0, 0.05) is 19.6 Å². The Kier molecular flexibility index (Phi) is 11.7. The van der Waals surface area contributed by atoms with Crippen molar-refractivity contribution in [2.75, 3.05) is 33.2 Å². The van der Waals surface area contributed by atoms with Crippen LogP contribution < -0.4 is 0 Å². The fourth-order valence-electron chi connectivity index (χ4n) is 1.86. The number of rotatable bonds is 9. The quantitative estimate of drug-likeness (QED) is 0.707. The highest BCUT2D eigenvalue weighted by molar-refractivity contribution is 5.85. The summed E-state index contributed by atoms with van der Waals surface area (Å²) >= 11 is 0. The van der Waals surface area contributed by atoms with E-state index in [9.17, 15) is 9.59 Å². The Bertz CT molecular complexity index is 286. The number of aliphatic carboxylic acids is 1. The van der Waals surface area contributed by atoms with Gasteiger partial charge in [-0.3, -0.25) is 14.5 Å². The number of carboxylic acids is 1. The molecule has 0 aromatic heterocycles. The molecule has 0 aromatic rings. The van der Waals surface area contributed by atoms with Crippen LogP contribution in [0.3, 0.4) is 0 Å². The van der Waals surface area contributed by atoms with E-state index >= 15 is 0 Å².